The minimum atomic E-state index is -0.914. The van der Waals surface area contributed by atoms with Crippen LogP contribution in [-0.4, -0.2) is 22.6 Å². The lowest BCUT2D eigenvalue weighted by Crippen LogP contribution is -2.32. The average Bonchev–Trinajstić information content (AvgIpc) is 1.82. The number of hydrogen-bond donors (Lipinski definition) is 0. The van der Waals surface area contributed by atoms with E-state index in [0.717, 1.165) is 0 Å². The van der Waals surface area contributed by atoms with Crippen molar-refractivity contribution in [3.63, 3.8) is 0 Å². The smallest absolute Gasteiger partial charge is 0.267 e. The molecule has 0 aliphatic carbocycles. The lowest BCUT2D eigenvalue weighted by Gasteiger charge is -2.11. The number of carbonyl (C=O) groups excluding carboxylic acids is 1. The van der Waals surface area contributed by atoms with Gasteiger partial charge in [0, 0.05) is 16.6 Å². The van der Waals surface area contributed by atoms with Gasteiger partial charge in [0.05, 0.1) is 5.71 Å². The predicted octanol–water partition coefficient (Wildman–Crippen LogP) is 0.579. The number of dihydropyridines is 1. The molecule has 5 heteroatoms. The molecule has 64 valence electrons. The quantitative estimate of drug-likeness (QED) is 0.424. The highest BCUT2D eigenvalue weighted by atomic mass is 16.6. The minimum Gasteiger partial charge on any atom is -0.267 e. The van der Waals surface area contributed by atoms with Crippen molar-refractivity contribution < 1.29 is 9.72 Å². The molecule has 12 heavy (non-hydrogen) atoms. The summed E-state index contributed by atoms with van der Waals surface area (Å²) in [4.78, 5) is 24.3. The molecule has 1 amide bonds. The average molecular weight is 168 g/mol. The molecule has 1 unspecified atom stereocenters. The second-order valence-electron chi connectivity index (χ2n) is 2.67. The van der Waals surface area contributed by atoms with Crippen molar-refractivity contribution in [1.29, 1.82) is 0 Å². The number of amides is 1. The Kier molecular flexibility index (Phi) is 2.03. The molecule has 0 bridgehead atoms. The summed E-state index contributed by atoms with van der Waals surface area (Å²) in [5.41, 5.74) is 0.697. The molecule has 5 nitrogen and oxygen atoms in total. The van der Waals surface area contributed by atoms with Gasteiger partial charge in [0.2, 0.25) is 0 Å². The van der Waals surface area contributed by atoms with Crippen molar-refractivity contribution in [2.45, 2.75) is 19.9 Å². The summed E-state index contributed by atoms with van der Waals surface area (Å²) in [6.45, 7) is 3.05. The first-order valence-electron chi connectivity index (χ1n) is 3.43. The van der Waals surface area contributed by atoms with E-state index in [1.165, 1.54) is 13.0 Å². The monoisotopic (exact) mass is 168 g/mol. The molecule has 0 N–H and O–H groups in total. The van der Waals surface area contributed by atoms with E-state index in [1.54, 1.807) is 6.92 Å². The SMILES string of the molecule is CC1=CC(=O)N=C(C)C1[N+](=O)[O-]. The molecule has 1 atom stereocenters. The van der Waals surface area contributed by atoms with Gasteiger partial charge in [-0.3, -0.25) is 14.9 Å². The Morgan fingerprint density at radius 3 is 2.58 bits per heavy atom. The van der Waals surface area contributed by atoms with Gasteiger partial charge < -0.3 is 0 Å². The van der Waals surface area contributed by atoms with E-state index in [2.05, 4.69) is 4.99 Å². The lowest BCUT2D eigenvalue weighted by atomic mass is 10.0. The summed E-state index contributed by atoms with van der Waals surface area (Å²) in [5.74, 6) is -0.414. The van der Waals surface area contributed by atoms with Crippen LogP contribution in [-0.2, 0) is 4.79 Å². The third kappa shape index (κ3) is 1.39. The molecule has 1 heterocycles. The minimum absolute atomic E-state index is 0.255. The molecule has 0 aromatic heterocycles. The molecular formula is C7H8N2O3. The van der Waals surface area contributed by atoms with Crippen LogP contribution in [0.5, 0.6) is 0 Å². The number of carbonyl (C=O) groups is 1. The normalized spacial score (nSPS) is 23.2. The number of aliphatic imine (C=N–C) groups is 1. The first-order valence-corrected chi connectivity index (χ1v) is 3.43. The van der Waals surface area contributed by atoms with E-state index in [9.17, 15) is 14.9 Å². The van der Waals surface area contributed by atoms with Gasteiger partial charge in [-0.15, -0.1) is 0 Å². The van der Waals surface area contributed by atoms with Crippen LogP contribution in [0.25, 0.3) is 0 Å². The Hall–Kier alpha value is -1.52. The van der Waals surface area contributed by atoms with E-state index in [4.69, 9.17) is 0 Å². The van der Waals surface area contributed by atoms with E-state index < -0.39 is 16.9 Å². The van der Waals surface area contributed by atoms with Gasteiger partial charge in [-0.2, -0.15) is 0 Å². The number of nitro groups is 1. The van der Waals surface area contributed by atoms with Gasteiger partial charge in [-0.25, -0.2) is 4.99 Å². The highest BCUT2D eigenvalue weighted by Gasteiger charge is 2.29. The van der Waals surface area contributed by atoms with Crippen molar-refractivity contribution in [3.05, 3.63) is 21.8 Å². The third-order valence-electron chi connectivity index (χ3n) is 1.68. The first-order chi connectivity index (χ1) is 5.52. The van der Waals surface area contributed by atoms with Crippen molar-refractivity contribution >= 4 is 11.6 Å². The Bertz CT molecular complexity index is 282. The van der Waals surface area contributed by atoms with Crippen molar-refractivity contribution in [2.24, 2.45) is 4.99 Å². The molecule has 1 rings (SSSR count). The number of rotatable bonds is 1. The molecule has 0 spiro atoms. The van der Waals surface area contributed by atoms with Crippen LogP contribution < -0.4 is 0 Å². The maximum atomic E-state index is 10.8. The molecule has 0 radical (unpaired) electrons. The van der Waals surface area contributed by atoms with Crippen LogP contribution in [0.1, 0.15) is 13.8 Å². The summed E-state index contributed by atoms with van der Waals surface area (Å²) in [7, 11) is 0. The fraction of sp³-hybridized carbons (Fsp3) is 0.429. The first kappa shape index (κ1) is 8.58. The molecule has 0 fully saturated rings. The number of hydrogen-bond acceptors (Lipinski definition) is 3. The van der Waals surface area contributed by atoms with E-state index >= 15 is 0 Å². The molecule has 1 aliphatic rings. The Morgan fingerprint density at radius 1 is 1.58 bits per heavy atom. The number of nitrogens with zero attached hydrogens (tertiary/aromatic N) is 2. The molecule has 0 saturated carbocycles. The van der Waals surface area contributed by atoms with E-state index in [1.807, 2.05) is 0 Å². The highest BCUT2D eigenvalue weighted by Crippen LogP contribution is 2.12. The van der Waals surface area contributed by atoms with Crippen LogP contribution in [0.4, 0.5) is 0 Å². The fourth-order valence-electron chi connectivity index (χ4n) is 1.19. The maximum absolute atomic E-state index is 10.8. The fourth-order valence-corrected chi connectivity index (χ4v) is 1.19. The van der Waals surface area contributed by atoms with Gasteiger partial charge >= 0.3 is 0 Å². The van der Waals surface area contributed by atoms with Crippen LogP contribution in [0.3, 0.4) is 0 Å². The van der Waals surface area contributed by atoms with Crippen LogP contribution in [0.2, 0.25) is 0 Å². The summed E-state index contributed by atoms with van der Waals surface area (Å²) in [6.07, 6.45) is 1.19. The zero-order chi connectivity index (χ0) is 9.30. The van der Waals surface area contributed by atoms with Gasteiger partial charge in [0.1, 0.15) is 0 Å². The van der Waals surface area contributed by atoms with E-state index in [0.29, 0.717) is 5.57 Å². The molecule has 1 aliphatic heterocycles. The zero-order valence-corrected chi connectivity index (χ0v) is 6.77. The molecule has 0 aromatic carbocycles. The van der Waals surface area contributed by atoms with Crippen molar-refractivity contribution in [1.82, 2.24) is 0 Å². The van der Waals surface area contributed by atoms with Crippen molar-refractivity contribution in [2.75, 3.05) is 0 Å². The molecular weight excluding hydrogens is 160 g/mol. The Morgan fingerprint density at radius 2 is 2.17 bits per heavy atom. The predicted molar refractivity (Wildman–Crippen MR) is 42.7 cm³/mol. The lowest BCUT2D eigenvalue weighted by molar-refractivity contribution is -0.493. The van der Waals surface area contributed by atoms with Gasteiger partial charge in [0.15, 0.2) is 0 Å². The van der Waals surface area contributed by atoms with Crippen LogP contribution in [0, 0.1) is 10.1 Å². The summed E-state index contributed by atoms with van der Waals surface area (Å²) in [5, 5.41) is 10.5. The largest absolute Gasteiger partial charge is 0.272 e. The van der Waals surface area contributed by atoms with Gasteiger partial charge in [-0.05, 0) is 13.8 Å². The second kappa shape index (κ2) is 2.84. The van der Waals surface area contributed by atoms with Crippen molar-refractivity contribution in [3.8, 4) is 0 Å². The molecule has 0 saturated heterocycles. The zero-order valence-electron chi connectivity index (χ0n) is 6.77. The highest BCUT2D eigenvalue weighted by molar-refractivity contribution is 6.05. The van der Waals surface area contributed by atoms with Crippen LogP contribution >= 0.6 is 0 Å². The third-order valence-corrected chi connectivity index (χ3v) is 1.68. The Labute approximate surface area is 68.9 Å². The van der Waals surface area contributed by atoms with Gasteiger partial charge in [0.25, 0.3) is 11.9 Å². The topological polar surface area (TPSA) is 72.6 Å². The summed E-state index contributed by atoms with van der Waals surface area (Å²) >= 11 is 0. The van der Waals surface area contributed by atoms with Crippen LogP contribution in [0.15, 0.2) is 16.6 Å². The van der Waals surface area contributed by atoms with Gasteiger partial charge in [-0.1, -0.05) is 0 Å². The molecule has 0 aromatic rings. The second-order valence-corrected chi connectivity index (χ2v) is 2.67. The van der Waals surface area contributed by atoms with E-state index in [-0.39, 0.29) is 5.71 Å². The summed E-state index contributed by atoms with van der Waals surface area (Å²) < 4.78 is 0. The Balaban J connectivity index is 3.03. The standard InChI is InChI=1S/C7H8N2O3/c1-4-3-6(10)8-5(2)7(4)9(11)12/h3,7H,1-2H3. The summed E-state index contributed by atoms with van der Waals surface area (Å²) in [6, 6.07) is -0.914. The maximum Gasteiger partial charge on any atom is 0.272 e.